The lowest BCUT2D eigenvalue weighted by molar-refractivity contribution is 0.605. The summed E-state index contributed by atoms with van der Waals surface area (Å²) >= 11 is 3.43. The number of nitriles is 1. The van der Waals surface area contributed by atoms with Crippen molar-refractivity contribution in [2.24, 2.45) is 5.92 Å². The molecule has 0 unspecified atom stereocenters. The van der Waals surface area contributed by atoms with Crippen LogP contribution in [0, 0.1) is 17.2 Å². The van der Waals surface area contributed by atoms with E-state index in [0.29, 0.717) is 0 Å². The van der Waals surface area contributed by atoms with Crippen LogP contribution in [0.15, 0.2) is 34.9 Å². The van der Waals surface area contributed by atoms with Crippen LogP contribution in [0.3, 0.4) is 0 Å². The topological polar surface area (TPSA) is 64.5 Å². The quantitative estimate of drug-likeness (QED) is 0.895. The van der Waals surface area contributed by atoms with E-state index in [2.05, 4.69) is 37.3 Å². The van der Waals surface area contributed by atoms with Crippen LogP contribution in [-0.4, -0.2) is 16.5 Å². The Morgan fingerprint density at radius 1 is 1.32 bits per heavy atom. The predicted molar refractivity (Wildman–Crippen MR) is 76.2 cm³/mol. The monoisotopic (exact) mass is 316 g/mol. The molecule has 0 aliphatic carbocycles. The molecule has 0 saturated carbocycles. The highest BCUT2D eigenvalue weighted by molar-refractivity contribution is 9.10. The van der Waals surface area contributed by atoms with Crippen LogP contribution in [0.5, 0.6) is 0 Å². The third-order valence-corrected chi connectivity index (χ3v) is 3.92. The second-order valence-electron chi connectivity index (χ2n) is 4.71. The van der Waals surface area contributed by atoms with Crippen molar-refractivity contribution in [2.45, 2.75) is 12.5 Å². The molecule has 96 valence electrons. The number of nitrogens with one attached hydrogen (secondary N) is 2. The van der Waals surface area contributed by atoms with Gasteiger partial charge in [-0.2, -0.15) is 5.26 Å². The van der Waals surface area contributed by atoms with Gasteiger partial charge in [0.15, 0.2) is 0 Å². The number of halogens is 1. The molecule has 1 saturated heterocycles. The highest BCUT2D eigenvalue weighted by atomic mass is 79.9. The van der Waals surface area contributed by atoms with Crippen LogP contribution in [0.2, 0.25) is 0 Å². The summed E-state index contributed by atoms with van der Waals surface area (Å²) in [6.07, 6.45) is 2.67. The summed E-state index contributed by atoms with van der Waals surface area (Å²) in [6.45, 7) is 0.746. The number of aromatic nitrogens is 2. The maximum Gasteiger partial charge on any atom is 0.123 e. The minimum atomic E-state index is 0.0891. The predicted octanol–water partition coefficient (Wildman–Crippen LogP) is 3.01. The minimum absolute atomic E-state index is 0.0891. The smallest absolute Gasteiger partial charge is 0.123 e. The van der Waals surface area contributed by atoms with Crippen molar-refractivity contribution >= 4 is 15.9 Å². The lowest BCUT2D eigenvalue weighted by Crippen LogP contribution is -2.14. The van der Waals surface area contributed by atoms with Gasteiger partial charge in [-0.25, -0.2) is 4.98 Å². The summed E-state index contributed by atoms with van der Waals surface area (Å²) in [5.74, 6) is 1.00. The van der Waals surface area contributed by atoms with E-state index in [4.69, 9.17) is 5.26 Å². The minimum Gasteiger partial charge on any atom is -0.341 e. The van der Waals surface area contributed by atoms with E-state index in [1.54, 1.807) is 0 Å². The Morgan fingerprint density at radius 3 is 2.79 bits per heavy atom. The van der Waals surface area contributed by atoms with Gasteiger partial charge in [-0.05, 0) is 24.1 Å². The number of nitrogens with zero attached hydrogens (tertiary/aromatic N) is 2. The molecule has 2 atom stereocenters. The van der Waals surface area contributed by atoms with Crippen LogP contribution in [0.25, 0.3) is 11.3 Å². The first-order chi connectivity index (χ1) is 9.26. The number of hydrogen-bond acceptors (Lipinski definition) is 3. The summed E-state index contributed by atoms with van der Waals surface area (Å²) in [6, 6.07) is 10.6. The average molecular weight is 317 g/mol. The fourth-order valence-electron chi connectivity index (χ4n) is 2.33. The molecule has 0 bridgehead atoms. The van der Waals surface area contributed by atoms with Gasteiger partial charge in [0.2, 0.25) is 0 Å². The molecule has 2 heterocycles. The van der Waals surface area contributed by atoms with Gasteiger partial charge in [-0.3, -0.25) is 0 Å². The standard InChI is InChI=1S/C14H13BrN4/c15-11-3-1-10(2-4-11)13-8-18-14(19-13)12-5-9(6-16)7-17-12/h1-4,8-9,12,17H,5,7H2,(H,18,19)/t9-,12-/m0/s1. The Kier molecular flexibility index (Phi) is 3.36. The molecule has 0 radical (unpaired) electrons. The number of imidazole rings is 1. The molecule has 4 nitrogen and oxygen atoms in total. The van der Waals surface area contributed by atoms with E-state index in [-0.39, 0.29) is 12.0 Å². The number of hydrogen-bond donors (Lipinski definition) is 2. The highest BCUT2D eigenvalue weighted by Gasteiger charge is 2.27. The zero-order chi connectivity index (χ0) is 13.2. The molecule has 2 aromatic rings. The Balaban J connectivity index is 1.80. The first-order valence-electron chi connectivity index (χ1n) is 6.20. The van der Waals surface area contributed by atoms with Crippen LogP contribution in [0.1, 0.15) is 18.3 Å². The van der Waals surface area contributed by atoms with Crippen LogP contribution in [-0.2, 0) is 0 Å². The largest absolute Gasteiger partial charge is 0.341 e. The van der Waals surface area contributed by atoms with E-state index in [1.807, 2.05) is 30.5 Å². The third kappa shape index (κ3) is 2.55. The Morgan fingerprint density at radius 2 is 2.11 bits per heavy atom. The molecule has 0 amide bonds. The van der Waals surface area contributed by atoms with Gasteiger partial charge in [-0.15, -0.1) is 0 Å². The fraction of sp³-hybridized carbons (Fsp3) is 0.286. The van der Waals surface area contributed by atoms with Gasteiger partial charge in [-0.1, -0.05) is 28.1 Å². The number of rotatable bonds is 2. The van der Waals surface area contributed by atoms with Crippen molar-refractivity contribution in [3.8, 4) is 17.3 Å². The lowest BCUT2D eigenvalue weighted by atomic mass is 10.1. The molecule has 1 aromatic heterocycles. The molecular weight excluding hydrogens is 304 g/mol. The first-order valence-corrected chi connectivity index (χ1v) is 6.99. The molecule has 1 aliphatic heterocycles. The molecule has 5 heteroatoms. The van der Waals surface area contributed by atoms with Crippen LogP contribution < -0.4 is 5.32 Å². The number of benzene rings is 1. The van der Waals surface area contributed by atoms with Crippen molar-refractivity contribution in [3.63, 3.8) is 0 Å². The van der Waals surface area contributed by atoms with E-state index < -0.39 is 0 Å². The van der Waals surface area contributed by atoms with E-state index in [1.165, 1.54) is 0 Å². The summed E-state index contributed by atoms with van der Waals surface area (Å²) in [5, 5.41) is 12.2. The van der Waals surface area contributed by atoms with Crippen molar-refractivity contribution in [2.75, 3.05) is 6.54 Å². The molecular formula is C14H13BrN4. The molecule has 19 heavy (non-hydrogen) atoms. The van der Waals surface area contributed by atoms with Crippen LogP contribution >= 0.6 is 15.9 Å². The van der Waals surface area contributed by atoms with Gasteiger partial charge in [0.1, 0.15) is 5.82 Å². The van der Waals surface area contributed by atoms with Crippen molar-refractivity contribution in [1.29, 1.82) is 5.26 Å². The maximum absolute atomic E-state index is 8.91. The lowest BCUT2D eigenvalue weighted by Gasteiger charge is -2.05. The molecule has 1 fully saturated rings. The average Bonchev–Trinajstić information content (AvgIpc) is 3.08. The second kappa shape index (κ2) is 5.16. The zero-order valence-corrected chi connectivity index (χ0v) is 11.8. The summed E-state index contributed by atoms with van der Waals surface area (Å²) < 4.78 is 1.06. The summed E-state index contributed by atoms with van der Waals surface area (Å²) in [5.41, 5.74) is 2.11. The van der Waals surface area contributed by atoms with Gasteiger partial charge in [0.05, 0.1) is 29.9 Å². The summed E-state index contributed by atoms with van der Waals surface area (Å²) in [7, 11) is 0. The normalized spacial score (nSPS) is 22.3. The van der Waals surface area contributed by atoms with Gasteiger partial charge >= 0.3 is 0 Å². The Hall–Kier alpha value is -1.64. The van der Waals surface area contributed by atoms with Crippen molar-refractivity contribution in [1.82, 2.24) is 15.3 Å². The van der Waals surface area contributed by atoms with E-state index in [0.717, 1.165) is 34.5 Å². The molecule has 1 aromatic carbocycles. The maximum atomic E-state index is 8.91. The SMILES string of the molecule is N#C[C@H]1CN[C@H](c2ncc(-c3ccc(Br)cc3)[nH]2)C1. The van der Waals surface area contributed by atoms with Gasteiger partial charge in [0.25, 0.3) is 0 Å². The first kappa shape index (κ1) is 12.4. The zero-order valence-electron chi connectivity index (χ0n) is 10.2. The fourth-order valence-corrected chi connectivity index (χ4v) is 2.60. The summed E-state index contributed by atoms with van der Waals surface area (Å²) in [4.78, 5) is 7.76. The molecule has 3 rings (SSSR count). The van der Waals surface area contributed by atoms with E-state index >= 15 is 0 Å². The highest BCUT2D eigenvalue weighted by Crippen LogP contribution is 2.27. The van der Waals surface area contributed by atoms with Crippen molar-refractivity contribution < 1.29 is 0 Å². The third-order valence-electron chi connectivity index (χ3n) is 3.39. The van der Waals surface area contributed by atoms with E-state index in [9.17, 15) is 0 Å². The molecule has 0 spiro atoms. The second-order valence-corrected chi connectivity index (χ2v) is 5.63. The van der Waals surface area contributed by atoms with Crippen molar-refractivity contribution in [3.05, 3.63) is 40.8 Å². The Labute approximate surface area is 120 Å². The number of H-pyrrole nitrogens is 1. The number of aromatic amines is 1. The molecule has 2 N–H and O–H groups in total. The van der Waals surface area contributed by atoms with Gasteiger partial charge in [0, 0.05) is 11.0 Å². The van der Waals surface area contributed by atoms with Gasteiger partial charge < -0.3 is 10.3 Å². The molecule has 1 aliphatic rings. The Bertz CT molecular complexity index is 611. The van der Waals surface area contributed by atoms with Crippen LogP contribution in [0.4, 0.5) is 0 Å².